The molecule has 0 atom stereocenters. The second kappa shape index (κ2) is 5.93. The van der Waals surface area contributed by atoms with Crippen LogP contribution < -0.4 is 5.32 Å². The maximum Gasteiger partial charge on any atom is 0.228 e. The first-order chi connectivity index (χ1) is 8.69. The minimum absolute atomic E-state index is 0.0641. The van der Waals surface area contributed by atoms with Crippen molar-refractivity contribution < 1.29 is 0 Å². The van der Waals surface area contributed by atoms with E-state index in [1.807, 2.05) is 12.1 Å². The molecule has 0 amide bonds. The van der Waals surface area contributed by atoms with Crippen LogP contribution in [0.3, 0.4) is 0 Å². The quantitative estimate of drug-likeness (QED) is 0.935. The molecule has 18 heavy (non-hydrogen) atoms. The Labute approximate surface area is 115 Å². The number of hydrogen-bond donors (Lipinski definition) is 1. The number of halogens is 2. The maximum absolute atomic E-state index is 5.69. The topological polar surface area (TPSA) is 63.6 Å². The van der Waals surface area contributed by atoms with Gasteiger partial charge in [0.1, 0.15) is 0 Å². The number of nitrogens with one attached hydrogen (secondary N) is 1. The minimum Gasteiger partial charge on any atom is -0.348 e. The summed E-state index contributed by atoms with van der Waals surface area (Å²) in [5, 5.41) is 3.15. The third-order valence-electron chi connectivity index (χ3n) is 2.36. The summed E-state index contributed by atoms with van der Waals surface area (Å²) < 4.78 is 0. The van der Waals surface area contributed by atoms with Gasteiger partial charge in [0.05, 0.1) is 12.2 Å². The molecule has 2 rings (SSSR count). The highest BCUT2D eigenvalue weighted by Gasteiger charge is 2.05. The average molecular weight is 284 g/mol. The maximum atomic E-state index is 5.69. The van der Waals surface area contributed by atoms with E-state index in [0.717, 1.165) is 12.1 Å². The van der Waals surface area contributed by atoms with Crippen molar-refractivity contribution in [2.24, 2.45) is 0 Å². The van der Waals surface area contributed by atoms with E-state index in [9.17, 15) is 0 Å². The predicted octanol–water partition coefficient (Wildman–Crippen LogP) is 2.75. The third-order valence-corrected chi connectivity index (χ3v) is 2.70. The molecule has 0 aliphatic carbocycles. The van der Waals surface area contributed by atoms with Gasteiger partial charge in [0.25, 0.3) is 0 Å². The Balaban J connectivity index is 2.11. The molecule has 0 aliphatic heterocycles. The summed E-state index contributed by atoms with van der Waals surface area (Å²) in [7, 11) is 0. The zero-order valence-corrected chi connectivity index (χ0v) is 11.2. The normalized spacial score (nSPS) is 10.4. The molecule has 94 valence electrons. The van der Waals surface area contributed by atoms with Crippen LogP contribution in [0.5, 0.6) is 0 Å². The number of rotatable bonds is 4. The van der Waals surface area contributed by atoms with Crippen LogP contribution in [0.4, 0.5) is 5.95 Å². The molecule has 0 saturated carbocycles. The zero-order chi connectivity index (χ0) is 13.0. The van der Waals surface area contributed by atoms with Crippen molar-refractivity contribution in [1.82, 2.24) is 19.9 Å². The molecular formula is C11H11Cl2N5. The van der Waals surface area contributed by atoms with Gasteiger partial charge >= 0.3 is 0 Å². The molecule has 0 saturated heterocycles. The summed E-state index contributed by atoms with van der Waals surface area (Å²) in [6.07, 6.45) is 2.67. The Morgan fingerprint density at radius 2 is 1.89 bits per heavy atom. The summed E-state index contributed by atoms with van der Waals surface area (Å²) in [4.78, 5) is 15.8. The second-order valence-electron chi connectivity index (χ2n) is 3.51. The van der Waals surface area contributed by atoms with Crippen molar-refractivity contribution in [1.29, 1.82) is 0 Å². The fourth-order valence-electron chi connectivity index (χ4n) is 1.52. The van der Waals surface area contributed by atoms with E-state index in [-0.39, 0.29) is 10.6 Å². The molecule has 0 aliphatic rings. The molecular weight excluding hydrogens is 273 g/mol. The first kappa shape index (κ1) is 13.0. The molecule has 0 bridgehead atoms. The Bertz CT molecular complexity index is 526. The van der Waals surface area contributed by atoms with Gasteiger partial charge in [-0.2, -0.15) is 15.0 Å². The number of pyridine rings is 1. The second-order valence-corrected chi connectivity index (χ2v) is 4.19. The number of aryl methyl sites for hydroxylation is 1. The molecule has 2 heterocycles. The third kappa shape index (κ3) is 3.27. The molecule has 0 radical (unpaired) electrons. The fraction of sp³-hybridized carbons (Fsp3) is 0.273. The average Bonchev–Trinajstić information content (AvgIpc) is 2.35. The van der Waals surface area contributed by atoms with Crippen molar-refractivity contribution in [3.05, 3.63) is 40.2 Å². The first-order valence-corrected chi connectivity index (χ1v) is 6.18. The van der Waals surface area contributed by atoms with E-state index in [1.54, 1.807) is 6.20 Å². The lowest BCUT2D eigenvalue weighted by atomic mass is 10.1. The molecule has 0 spiro atoms. The predicted molar refractivity (Wildman–Crippen MR) is 70.8 cm³/mol. The van der Waals surface area contributed by atoms with Crippen LogP contribution in [0.15, 0.2) is 18.3 Å². The monoisotopic (exact) mass is 283 g/mol. The van der Waals surface area contributed by atoms with Gasteiger partial charge in [-0.1, -0.05) is 13.0 Å². The van der Waals surface area contributed by atoms with Gasteiger partial charge in [-0.3, -0.25) is 4.98 Å². The fourth-order valence-corrected chi connectivity index (χ4v) is 1.88. The Morgan fingerprint density at radius 3 is 2.56 bits per heavy atom. The van der Waals surface area contributed by atoms with Gasteiger partial charge in [0.15, 0.2) is 0 Å². The van der Waals surface area contributed by atoms with Crippen molar-refractivity contribution in [2.75, 3.05) is 5.32 Å². The van der Waals surface area contributed by atoms with Crippen molar-refractivity contribution in [3.8, 4) is 0 Å². The zero-order valence-electron chi connectivity index (χ0n) is 9.69. The summed E-state index contributed by atoms with van der Waals surface area (Å²) in [5.41, 5.74) is 2.13. The summed E-state index contributed by atoms with van der Waals surface area (Å²) in [5.74, 6) is 0.340. The number of nitrogens with zero attached hydrogens (tertiary/aromatic N) is 4. The van der Waals surface area contributed by atoms with Gasteiger partial charge in [-0.25, -0.2) is 0 Å². The Kier molecular flexibility index (Phi) is 4.28. The minimum atomic E-state index is 0.0641. The SMILES string of the molecule is CCc1cccnc1CNc1nc(Cl)nc(Cl)n1. The lowest BCUT2D eigenvalue weighted by molar-refractivity contribution is 0.940. The Morgan fingerprint density at radius 1 is 1.17 bits per heavy atom. The summed E-state index contributed by atoms with van der Waals surface area (Å²) >= 11 is 11.4. The number of anilines is 1. The van der Waals surface area contributed by atoms with Crippen LogP contribution in [-0.4, -0.2) is 19.9 Å². The standard InChI is InChI=1S/C11H11Cl2N5/c1-2-7-4-3-5-14-8(7)6-15-11-17-9(12)16-10(13)18-11/h3-5H,2,6H2,1H3,(H,15,16,17,18). The van der Waals surface area contributed by atoms with Crippen LogP contribution >= 0.6 is 23.2 Å². The molecule has 5 nitrogen and oxygen atoms in total. The van der Waals surface area contributed by atoms with Crippen LogP contribution in [0.1, 0.15) is 18.2 Å². The van der Waals surface area contributed by atoms with E-state index >= 15 is 0 Å². The molecule has 1 N–H and O–H groups in total. The lowest BCUT2D eigenvalue weighted by Gasteiger charge is -2.08. The van der Waals surface area contributed by atoms with Crippen molar-refractivity contribution in [2.45, 2.75) is 19.9 Å². The van der Waals surface area contributed by atoms with E-state index in [1.165, 1.54) is 5.56 Å². The molecule has 7 heteroatoms. The van der Waals surface area contributed by atoms with Gasteiger partial charge in [-0.05, 0) is 41.3 Å². The summed E-state index contributed by atoms with van der Waals surface area (Å²) in [6.45, 7) is 2.60. The van der Waals surface area contributed by atoms with Gasteiger partial charge in [0, 0.05) is 6.20 Å². The molecule has 0 aromatic carbocycles. The van der Waals surface area contributed by atoms with Crippen LogP contribution in [-0.2, 0) is 13.0 Å². The van der Waals surface area contributed by atoms with Gasteiger partial charge in [-0.15, -0.1) is 0 Å². The number of hydrogen-bond acceptors (Lipinski definition) is 5. The smallest absolute Gasteiger partial charge is 0.228 e. The van der Waals surface area contributed by atoms with Crippen molar-refractivity contribution >= 4 is 29.2 Å². The van der Waals surface area contributed by atoms with Crippen molar-refractivity contribution in [3.63, 3.8) is 0 Å². The van der Waals surface area contributed by atoms with E-state index in [0.29, 0.717) is 12.5 Å². The molecule has 2 aromatic rings. The molecule has 2 aromatic heterocycles. The van der Waals surface area contributed by atoms with Gasteiger partial charge in [0.2, 0.25) is 16.5 Å². The van der Waals surface area contributed by atoms with Gasteiger partial charge < -0.3 is 5.32 Å². The molecule has 0 fully saturated rings. The summed E-state index contributed by atoms with van der Waals surface area (Å²) in [6, 6.07) is 3.95. The highest BCUT2D eigenvalue weighted by atomic mass is 35.5. The highest BCUT2D eigenvalue weighted by Crippen LogP contribution is 2.12. The van der Waals surface area contributed by atoms with E-state index in [4.69, 9.17) is 23.2 Å². The number of aromatic nitrogens is 4. The van der Waals surface area contributed by atoms with Crippen LogP contribution in [0, 0.1) is 0 Å². The highest BCUT2D eigenvalue weighted by molar-refractivity contribution is 6.31. The Hall–Kier alpha value is -1.46. The van der Waals surface area contributed by atoms with E-state index in [2.05, 4.69) is 32.2 Å². The van der Waals surface area contributed by atoms with Crippen LogP contribution in [0.2, 0.25) is 10.6 Å². The lowest BCUT2D eigenvalue weighted by Crippen LogP contribution is -2.08. The molecule has 0 unspecified atom stereocenters. The first-order valence-electron chi connectivity index (χ1n) is 5.42. The largest absolute Gasteiger partial charge is 0.348 e. The van der Waals surface area contributed by atoms with E-state index < -0.39 is 0 Å². The van der Waals surface area contributed by atoms with Crippen LogP contribution in [0.25, 0.3) is 0 Å².